The lowest BCUT2D eigenvalue weighted by Gasteiger charge is -2.18. The Balaban J connectivity index is 2.24. The number of hydrogen-bond acceptors (Lipinski definition) is 2. The molecule has 108 valence electrons. The number of imidazole rings is 1. The fraction of sp³-hybridized carbons (Fsp3) is 0.400. The highest BCUT2D eigenvalue weighted by molar-refractivity contribution is 6.30. The minimum Gasteiger partial charge on any atom is -0.335 e. The largest absolute Gasteiger partial charge is 0.335 e. The molecule has 0 radical (unpaired) electrons. The van der Waals surface area contributed by atoms with Gasteiger partial charge in [-0.1, -0.05) is 18.5 Å². The van der Waals surface area contributed by atoms with Crippen molar-refractivity contribution in [3.05, 3.63) is 52.8 Å². The van der Waals surface area contributed by atoms with Gasteiger partial charge in [-0.25, -0.2) is 9.37 Å². The van der Waals surface area contributed by atoms with E-state index in [1.54, 1.807) is 18.3 Å². The second-order valence-electron chi connectivity index (χ2n) is 4.75. The highest BCUT2D eigenvalue weighted by Gasteiger charge is 2.17. The molecule has 2 rings (SSSR count). The molecule has 0 aliphatic rings. The molecule has 0 amide bonds. The van der Waals surface area contributed by atoms with Crippen molar-refractivity contribution < 1.29 is 4.39 Å². The second kappa shape index (κ2) is 6.86. The molecule has 1 aromatic heterocycles. The molecule has 0 spiro atoms. The lowest BCUT2D eigenvalue weighted by molar-refractivity contribution is 0.510. The number of nitrogens with zero attached hydrogens (tertiary/aromatic N) is 2. The lowest BCUT2D eigenvalue weighted by Crippen LogP contribution is -2.22. The van der Waals surface area contributed by atoms with Crippen molar-refractivity contribution in [1.82, 2.24) is 14.9 Å². The van der Waals surface area contributed by atoms with Gasteiger partial charge in [-0.15, -0.1) is 0 Å². The van der Waals surface area contributed by atoms with E-state index < -0.39 is 0 Å². The van der Waals surface area contributed by atoms with Gasteiger partial charge in [0.15, 0.2) is 0 Å². The molecule has 20 heavy (non-hydrogen) atoms. The van der Waals surface area contributed by atoms with Crippen LogP contribution in [-0.2, 0) is 13.0 Å². The summed E-state index contributed by atoms with van der Waals surface area (Å²) in [6, 6.07) is 4.49. The highest BCUT2D eigenvalue weighted by atomic mass is 35.5. The number of hydrogen-bond donors (Lipinski definition) is 1. The second-order valence-corrected chi connectivity index (χ2v) is 5.18. The van der Waals surface area contributed by atoms with Crippen molar-refractivity contribution >= 4 is 11.6 Å². The minimum atomic E-state index is -0.248. The molecule has 0 saturated carbocycles. The van der Waals surface area contributed by atoms with Crippen molar-refractivity contribution in [2.24, 2.45) is 0 Å². The summed E-state index contributed by atoms with van der Waals surface area (Å²) >= 11 is 5.97. The van der Waals surface area contributed by atoms with Crippen molar-refractivity contribution in [2.75, 3.05) is 7.05 Å². The molecule has 0 fully saturated rings. The van der Waals surface area contributed by atoms with E-state index in [4.69, 9.17) is 11.6 Å². The van der Waals surface area contributed by atoms with Gasteiger partial charge in [0.05, 0.1) is 0 Å². The number of aromatic nitrogens is 2. The molecule has 5 heteroatoms. The van der Waals surface area contributed by atoms with Gasteiger partial charge >= 0.3 is 0 Å². The number of aryl methyl sites for hydroxylation is 1. The molecular weight excluding hydrogens is 277 g/mol. The summed E-state index contributed by atoms with van der Waals surface area (Å²) in [6.07, 6.45) is 5.41. The molecule has 1 heterocycles. The summed E-state index contributed by atoms with van der Waals surface area (Å²) in [5.74, 6) is 0.702. The van der Waals surface area contributed by atoms with E-state index in [2.05, 4.69) is 21.8 Å². The van der Waals surface area contributed by atoms with E-state index in [1.165, 1.54) is 6.07 Å². The zero-order valence-electron chi connectivity index (χ0n) is 11.7. The average Bonchev–Trinajstić information content (AvgIpc) is 2.87. The Kier molecular flexibility index (Phi) is 5.15. The number of nitrogens with one attached hydrogen (secondary N) is 1. The van der Waals surface area contributed by atoms with E-state index in [9.17, 15) is 4.39 Å². The van der Waals surface area contributed by atoms with E-state index in [0.29, 0.717) is 17.0 Å². The maximum atomic E-state index is 14.0. The highest BCUT2D eigenvalue weighted by Crippen LogP contribution is 2.24. The number of benzene rings is 1. The van der Waals surface area contributed by atoms with Gasteiger partial charge in [-0.05, 0) is 31.7 Å². The van der Waals surface area contributed by atoms with Crippen LogP contribution < -0.4 is 5.32 Å². The average molecular weight is 296 g/mol. The van der Waals surface area contributed by atoms with Crippen LogP contribution in [-0.4, -0.2) is 16.6 Å². The standard InChI is InChI=1S/C15H19ClFN3/c1-3-7-20-8-6-19-15(20)10-14(18-2)12-9-11(16)4-5-13(12)17/h4-6,8-9,14,18H,3,7,10H2,1-2H3. The number of rotatable bonds is 6. The van der Waals surface area contributed by atoms with Crippen LogP contribution in [0.3, 0.4) is 0 Å². The summed E-state index contributed by atoms with van der Waals surface area (Å²) in [7, 11) is 1.82. The Morgan fingerprint density at radius 2 is 2.25 bits per heavy atom. The molecule has 0 aliphatic heterocycles. The topological polar surface area (TPSA) is 29.9 Å². The monoisotopic (exact) mass is 295 g/mol. The quantitative estimate of drug-likeness (QED) is 0.882. The summed E-state index contributed by atoms with van der Waals surface area (Å²) < 4.78 is 16.1. The van der Waals surface area contributed by atoms with Gasteiger partial charge in [0.1, 0.15) is 11.6 Å². The van der Waals surface area contributed by atoms with E-state index in [-0.39, 0.29) is 11.9 Å². The fourth-order valence-electron chi connectivity index (χ4n) is 2.31. The molecule has 1 unspecified atom stereocenters. The Morgan fingerprint density at radius 1 is 1.45 bits per heavy atom. The first-order valence-electron chi connectivity index (χ1n) is 6.78. The van der Waals surface area contributed by atoms with Gasteiger partial charge in [-0.2, -0.15) is 0 Å². The molecule has 1 aromatic carbocycles. The Labute approximate surface area is 123 Å². The maximum absolute atomic E-state index is 14.0. The predicted octanol–water partition coefficient (Wildman–Crippen LogP) is 3.59. The molecule has 3 nitrogen and oxygen atoms in total. The smallest absolute Gasteiger partial charge is 0.128 e. The number of likely N-dealkylation sites (N-methyl/N-ethyl adjacent to an activating group) is 1. The zero-order valence-corrected chi connectivity index (χ0v) is 12.5. The maximum Gasteiger partial charge on any atom is 0.128 e. The third-order valence-electron chi connectivity index (χ3n) is 3.33. The first-order chi connectivity index (χ1) is 9.65. The molecule has 1 N–H and O–H groups in total. The minimum absolute atomic E-state index is 0.147. The molecule has 0 aliphatic carbocycles. The lowest BCUT2D eigenvalue weighted by atomic mass is 10.0. The van der Waals surface area contributed by atoms with Crippen molar-refractivity contribution in [2.45, 2.75) is 32.4 Å². The van der Waals surface area contributed by atoms with Crippen LogP contribution in [0.15, 0.2) is 30.6 Å². The van der Waals surface area contributed by atoms with Gasteiger partial charge in [0, 0.05) is 42.0 Å². The third kappa shape index (κ3) is 3.38. The molecule has 0 bridgehead atoms. The summed E-state index contributed by atoms with van der Waals surface area (Å²) in [4.78, 5) is 4.37. The van der Waals surface area contributed by atoms with E-state index in [1.807, 2.05) is 13.2 Å². The van der Waals surface area contributed by atoms with Crippen LogP contribution in [0.25, 0.3) is 0 Å². The molecular formula is C15H19ClFN3. The van der Waals surface area contributed by atoms with E-state index in [0.717, 1.165) is 18.8 Å². The van der Waals surface area contributed by atoms with Crippen LogP contribution in [0.2, 0.25) is 5.02 Å². The van der Waals surface area contributed by atoms with Crippen LogP contribution in [0.5, 0.6) is 0 Å². The van der Waals surface area contributed by atoms with Gasteiger partial charge < -0.3 is 9.88 Å². The third-order valence-corrected chi connectivity index (χ3v) is 3.57. The van der Waals surface area contributed by atoms with Crippen LogP contribution >= 0.6 is 11.6 Å². The Hall–Kier alpha value is -1.39. The molecule has 0 saturated heterocycles. The van der Waals surface area contributed by atoms with Gasteiger partial charge in [0.2, 0.25) is 0 Å². The van der Waals surface area contributed by atoms with E-state index >= 15 is 0 Å². The van der Waals surface area contributed by atoms with Crippen LogP contribution in [0.4, 0.5) is 4.39 Å². The Bertz CT molecular complexity index is 568. The summed E-state index contributed by atoms with van der Waals surface area (Å²) in [5, 5.41) is 3.68. The first kappa shape index (κ1) is 15.0. The Morgan fingerprint density at radius 3 is 2.95 bits per heavy atom. The molecule has 1 atom stereocenters. The van der Waals surface area contributed by atoms with Crippen LogP contribution in [0.1, 0.15) is 30.8 Å². The van der Waals surface area contributed by atoms with Gasteiger partial charge in [-0.3, -0.25) is 0 Å². The van der Waals surface area contributed by atoms with Crippen molar-refractivity contribution in [1.29, 1.82) is 0 Å². The van der Waals surface area contributed by atoms with Crippen molar-refractivity contribution in [3.8, 4) is 0 Å². The SMILES string of the molecule is CCCn1ccnc1CC(NC)c1cc(Cl)ccc1F. The fourth-order valence-corrected chi connectivity index (χ4v) is 2.49. The zero-order chi connectivity index (χ0) is 14.5. The van der Waals surface area contributed by atoms with Crippen molar-refractivity contribution in [3.63, 3.8) is 0 Å². The summed E-state index contributed by atoms with van der Waals surface area (Å²) in [6.45, 7) is 3.04. The molecule has 2 aromatic rings. The normalized spacial score (nSPS) is 12.6. The summed E-state index contributed by atoms with van der Waals surface area (Å²) in [5.41, 5.74) is 0.575. The first-order valence-corrected chi connectivity index (χ1v) is 7.15. The number of halogens is 2. The van der Waals surface area contributed by atoms with Gasteiger partial charge in [0.25, 0.3) is 0 Å². The van der Waals surface area contributed by atoms with Crippen LogP contribution in [0, 0.1) is 5.82 Å². The predicted molar refractivity (Wildman–Crippen MR) is 79.4 cm³/mol.